The monoisotopic (exact) mass is 458 g/mol. The zero-order chi connectivity index (χ0) is 16.7. The Balaban J connectivity index is 1.78. The minimum absolute atomic E-state index is 0.0866. The van der Waals surface area contributed by atoms with Gasteiger partial charge in [0.1, 0.15) is 0 Å². The summed E-state index contributed by atoms with van der Waals surface area (Å²) < 4.78 is 1.14. The number of nitrogens with one attached hydrogen (secondary N) is 1. The third kappa shape index (κ3) is 6.53. The second kappa shape index (κ2) is 9.30. The van der Waals surface area contributed by atoms with Crippen LogP contribution in [-0.2, 0) is 4.79 Å². The molecule has 2 rings (SSSR count). The number of thioether (sulfide) groups is 1. The van der Waals surface area contributed by atoms with Gasteiger partial charge in [-0.25, -0.2) is 5.43 Å². The van der Waals surface area contributed by atoms with E-state index in [9.17, 15) is 4.79 Å². The summed E-state index contributed by atoms with van der Waals surface area (Å²) >= 11 is 9.71. The van der Waals surface area contributed by atoms with Crippen molar-refractivity contribution in [2.75, 3.05) is 5.75 Å². The zero-order valence-electron chi connectivity index (χ0n) is 12.6. The predicted octanol–water partition coefficient (Wildman–Crippen LogP) is 4.97. The summed E-state index contributed by atoms with van der Waals surface area (Å²) in [6.07, 6.45) is 0.413. The molecule has 0 radical (unpaired) electrons. The van der Waals surface area contributed by atoms with Crippen LogP contribution in [-0.4, -0.2) is 17.4 Å². The van der Waals surface area contributed by atoms with Crippen LogP contribution in [0.15, 0.2) is 58.5 Å². The fourth-order valence-corrected chi connectivity index (χ4v) is 3.29. The van der Waals surface area contributed by atoms with Gasteiger partial charge in [0.2, 0.25) is 5.91 Å². The van der Waals surface area contributed by atoms with Gasteiger partial charge >= 0.3 is 0 Å². The molecule has 0 saturated carbocycles. The van der Waals surface area contributed by atoms with E-state index in [1.807, 2.05) is 55.5 Å². The van der Waals surface area contributed by atoms with Crippen LogP contribution in [0.2, 0.25) is 5.02 Å². The second-order valence-electron chi connectivity index (χ2n) is 4.79. The molecule has 120 valence electrons. The molecule has 0 heterocycles. The molecule has 0 aliphatic rings. The van der Waals surface area contributed by atoms with Crippen LogP contribution < -0.4 is 5.43 Å². The van der Waals surface area contributed by atoms with Gasteiger partial charge in [-0.05, 0) is 71.5 Å². The lowest BCUT2D eigenvalue weighted by atomic mass is 10.1. The summed E-state index contributed by atoms with van der Waals surface area (Å²) in [5, 5.41) is 4.88. The minimum Gasteiger partial charge on any atom is -0.273 e. The zero-order valence-corrected chi connectivity index (χ0v) is 16.3. The third-order valence-electron chi connectivity index (χ3n) is 3.00. The number of rotatable bonds is 6. The van der Waals surface area contributed by atoms with Crippen LogP contribution in [0.4, 0.5) is 0 Å². The third-order valence-corrected chi connectivity index (χ3v) is 4.94. The Morgan fingerprint density at radius 1 is 1.26 bits per heavy atom. The summed E-state index contributed by atoms with van der Waals surface area (Å²) in [6.45, 7) is 1.88. The molecular weight excluding hydrogens is 443 g/mol. The van der Waals surface area contributed by atoms with Crippen molar-refractivity contribution >= 4 is 57.6 Å². The first-order valence-corrected chi connectivity index (χ1v) is 9.46. The number of hydrazone groups is 1. The van der Waals surface area contributed by atoms with Crippen molar-refractivity contribution in [1.29, 1.82) is 0 Å². The van der Waals surface area contributed by atoms with E-state index >= 15 is 0 Å². The SMILES string of the molecule is C/C(=N/NC(=O)CCSc1ccc(Cl)cc1)c1cccc(I)c1. The first-order valence-electron chi connectivity index (χ1n) is 7.02. The van der Waals surface area contributed by atoms with Crippen LogP contribution in [0.5, 0.6) is 0 Å². The largest absolute Gasteiger partial charge is 0.273 e. The number of halogens is 2. The molecular formula is C17H16ClIN2OS. The highest BCUT2D eigenvalue weighted by Gasteiger charge is 2.03. The molecule has 0 bridgehead atoms. The Morgan fingerprint density at radius 3 is 2.70 bits per heavy atom. The van der Waals surface area contributed by atoms with E-state index in [1.54, 1.807) is 11.8 Å². The fraction of sp³-hybridized carbons (Fsp3) is 0.176. The summed E-state index contributed by atoms with van der Waals surface area (Å²) in [5.74, 6) is 0.613. The molecule has 2 aromatic rings. The van der Waals surface area contributed by atoms with Crippen molar-refractivity contribution in [3.8, 4) is 0 Å². The van der Waals surface area contributed by atoms with Gasteiger partial charge in [0.05, 0.1) is 5.71 Å². The van der Waals surface area contributed by atoms with Crippen LogP contribution in [0, 0.1) is 3.57 Å². The van der Waals surface area contributed by atoms with Gasteiger partial charge in [-0.2, -0.15) is 5.10 Å². The maximum atomic E-state index is 11.8. The van der Waals surface area contributed by atoms with E-state index in [4.69, 9.17) is 11.6 Å². The molecule has 0 fully saturated rings. The van der Waals surface area contributed by atoms with Crippen LogP contribution in [0.1, 0.15) is 18.9 Å². The van der Waals surface area contributed by atoms with Gasteiger partial charge in [-0.3, -0.25) is 4.79 Å². The summed E-state index contributed by atoms with van der Waals surface area (Å²) in [4.78, 5) is 12.9. The molecule has 1 N–H and O–H groups in total. The van der Waals surface area contributed by atoms with Crippen molar-refractivity contribution in [3.05, 3.63) is 62.7 Å². The van der Waals surface area contributed by atoms with Gasteiger partial charge in [0.25, 0.3) is 0 Å². The van der Waals surface area contributed by atoms with Crippen molar-refractivity contribution in [1.82, 2.24) is 5.43 Å². The second-order valence-corrected chi connectivity index (χ2v) is 7.65. The Kier molecular flexibility index (Phi) is 7.39. The Labute approximate surface area is 159 Å². The van der Waals surface area contributed by atoms with Gasteiger partial charge in [0.15, 0.2) is 0 Å². The fourth-order valence-electron chi connectivity index (χ4n) is 1.77. The van der Waals surface area contributed by atoms with E-state index in [0.29, 0.717) is 17.2 Å². The number of amides is 1. The topological polar surface area (TPSA) is 41.5 Å². The number of nitrogens with zero attached hydrogens (tertiary/aromatic N) is 1. The van der Waals surface area contributed by atoms with Crippen LogP contribution >= 0.6 is 46.0 Å². The molecule has 2 aromatic carbocycles. The summed E-state index contributed by atoms with van der Waals surface area (Å²) in [5.41, 5.74) is 4.41. The molecule has 0 atom stereocenters. The Hall–Kier alpha value is -1.05. The number of benzene rings is 2. The van der Waals surface area contributed by atoms with E-state index in [-0.39, 0.29) is 5.91 Å². The Morgan fingerprint density at radius 2 is 2.00 bits per heavy atom. The normalized spacial score (nSPS) is 11.3. The number of hydrogen-bond acceptors (Lipinski definition) is 3. The number of carbonyl (C=O) groups is 1. The van der Waals surface area contributed by atoms with Crippen LogP contribution in [0.25, 0.3) is 0 Å². The lowest BCUT2D eigenvalue weighted by molar-refractivity contribution is -0.120. The lowest BCUT2D eigenvalue weighted by Crippen LogP contribution is -2.19. The van der Waals surface area contributed by atoms with E-state index < -0.39 is 0 Å². The van der Waals surface area contributed by atoms with Crippen molar-refractivity contribution < 1.29 is 4.79 Å². The molecule has 3 nitrogen and oxygen atoms in total. The first kappa shape index (κ1) is 18.3. The molecule has 0 aromatic heterocycles. The van der Waals surface area contributed by atoms with Crippen molar-refractivity contribution in [3.63, 3.8) is 0 Å². The predicted molar refractivity (Wildman–Crippen MR) is 106 cm³/mol. The van der Waals surface area contributed by atoms with Crippen LogP contribution in [0.3, 0.4) is 0 Å². The minimum atomic E-state index is -0.0866. The average Bonchev–Trinajstić information content (AvgIpc) is 2.54. The smallest absolute Gasteiger partial charge is 0.240 e. The van der Waals surface area contributed by atoms with E-state index in [1.165, 1.54) is 0 Å². The maximum absolute atomic E-state index is 11.8. The lowest BCUT2D eigenvalue weighted by Gasteiger charge is -2.04. The molecule has 0 unspecified atom stereocenters. The van der Waals surface area contributed by atoms with Crippen molar-refractivity contribution in [2.45, 2.75) is 18.2 Å². The Bertz CT molecular complexity index is 704. The van der Waals surface area contributed by atoms with Gasteiger partial charge in [-0.15, -0.1) is 11.8 Å². The molecule has 1 amide bonds. The van der Waals surface area contributed by atoms with E-state index in [2.05, 4.69) is 33.1 Å². The van der Waals surface area contributed by atoms with Crippen molar-refractivity contribution in [2.24, 2.45) is 5.10 Å². The van der Waals surface area contributed by atoms with E-state index in [0.717, 1.165) is 19.7 Å². The highest BCUT2D eigenvalue weighted by molar-refractivity contribution is 14.1. The molecule has 0 saturated heterocycles. The average molecular weight is 459 g/mol. The summed E-state index contributed by atoms with van der Waals surface area (Å²) in [7, 11) is 0. The number of hydrogen-bond donors (Lipinski definition) is 1. The highest BCUT2D eigenvalue weighted by Crippen LogP contribution is 2.20. The number of carbonyl (C=O) groups excluding carboxylic acids is 1. The first-order chi connectivity index (χ1) is 11.0. The van der Waals surface area contributed by atoms with Gasteiger partial charge < -0.3 is 0 Å². The molecule has 6 heteroatoms. The standard InChI is InChI=1S/C17H16ClIN2OS/c1-12(13-3-2-4-15(19)11-13)20-21-17(22)9-10-23-16-7-5-14(18)6-8-16/h2-8,11H,9-10H2,1H3,(H,21,22)/b20-12-. The highest BCUT2D eigenvalue weighted by atomic mass is 127. The van der Waals surface area contributed by atoms with Gasteiger partial charge in [-0.1, -0.05) is 23.7 Å². The molecule has 0 aliphatic carbocycles. The maximum Gasteiger partial charge on any atom is 0.240 e. The molecule has 23 heavy (non-hydrogen) atoms. The molecule has 0 aliphatic heterocycles. The quantitative estimate of drug-likeness (QED) is 0.287. The van der Waals surface area contributed by atoms with Gasteiger partial charge in [0, 0.05) is 25.7 Å². The molecule has 0 spiro atoms. The summed E-state index contributed by atoms with van der Waals surface area (Å²) in [6, 6.07) is 15.6.